The fraction of sp³-hybridized carbons (Fsp3) is 0.500. The second kappa shape index (κ2) is 5.87. The maximum Gasteiger partial charge on any atom is 0.130 e. The number of nitrogens with zero attached hydrogens (tertiary/aromatic N) is 3. The molecular formula is C14H17ClIN3. The van der Waals surface area contributed by atoms with Crippen LogP contribution in [0.5, 0.6) is 0 Å². The van der Waals surface area contributed by atoms with Crippen molar-refractivity contribution in [1.29, 1.82) is 0 Å². The smallest absolute Gasteiger partial charge is 0.130 e. The van der Waals surface area contributed by atoms with Crippen molar-refractivity contribution in [2.24, 2.45) is 0 Å². The van der Waals surface area contributed by atoms with Gasteiger partial charge in [0.2, 0.25) is 0 Å². The molecule has 2 aromatic rings. The van der Waals surface area contributed by atoms with Gasteiger partial charge in [-0.2, -0.15) is 0 Å². The number of imidazole rings is 1. The summed E-state index contributed by atoms with van der Waals surface area (Å²) in [6.07, 6.45) is 4.70. The summed E-state index contributed by atoms with van der Waals surface area (Å²) in [4.78, 5) is 4.77. The van der Waals surface area contributed by atoms with E-state index < -0.39 is 0 Å². The summed E-state index contributed by atoms with van der Waals surface area (Å²) in [6.45, 7) is 2.24. The number of benzene rings is 1. The molecule has 0 bridgehead atoms. The van der Waals surface area contributed by atoms with Crippen LogP contribution in [-0.4, -0.2) is 28.6 Å². The Hall–Kier alpha value is -0.490. The highest BCUT2D eigenvalue weighted by Crippen LogP contribution is 2.22. The molecule has 102 valence electrons. The average Bonchev–Trinajstić information content (AvgIpc) is 2.77. The molecular weight excluding hydrogens is 373 g/mol. The summed E-state index contributed by atoms with van der Waals surface area (Å²) >= 11 is 8.27. The molecule has 0 saturated carbocycles. The monoisotopic (exact) mass is 389 g/mol. The molecule has 3 nitrogen and oxygen atoms in total. The van der Waals surface area contributed by atoms with Gasteiger partial charge in [-0.3, -0.25) is 0 Å². The first-order valence-electron chi connectivity index (χ1n) is 6.77. The van der Waals surface area contributed by atoms with Crippen LogP contribution >= 0.6 is 34.2 Å². The third kappa shape index (κ3) is 2.70. The Labute approximate surface area is 132 Å². The second-order valence-electron chi connectivity index (χ2n) is 4.93. The molecule has 1 aromatic heterocycles. The van der Waals surface area contributed by atoms with Gasteiger partial charge in [-0.25, -0.2) is 9.66 Å². The Kier molecular flexibility index (Phi) is 4.17. The predicted octanol–water partition coefficient (Wildman–Crippen LogP) is 3.54. The third-order valence-corrected chi connectivity index (χ3v) is 4.45. The van der Waals surface area contributed by atoms with Gasteiger partial charge in [0, 0.05) is 29.0 Å². The summed E-state index contributed by atoms with van der Waals surface area (Å²) in [6, 6.07) is 6.47. The van der Waals surface area contributed by atoms with E-state index in [4.69, 9.17) is 16.6 Å². The molecule has 1 aliphatic heterocycles. The van der Waals surface area contributed by atoms with Crippen molar-refractivity contribution in [2.75, 3.05) is 24.0 Å². The summed E-state index contributed by atoms with van der Waals surface area (Å²) in [7, 11) is 0. The molecule has 0 N–H and O–H groups in total. The molecule has 0 spiro atoms. The van der Waals surface area contributed by atoms with Gasteiger partial charge in [0.15, 0.2) is 0 Å². The van der Waals surface area contributed by atoms with E-state index in [0.717, 1.165) is 30.9 Å². The van der Waals surface area contributed by atoms with Gasteiger partial charge in [0.05, 0.1) is 11.0 Å². The van der Waals surface area contributed by atoms with E-state index in [-0.39, 0.29) is 0 Å². The summed E-state index contributed by atoms with van der Waals surface area (Å²) in [5.41, 5.74) is 2.29. The first kappa shape index (κ1) is 13.5. The molecule has 1 aliphatic rings. The van der Waals surface area contributed by atoms with E-state index >= 15 is 0 Å². The van der Waals surface area contributed by atoms with Crippen molar-refractivity contribution in [3.63, 3.8) is 0 Å². The van der Waals surface area contributed by atoms with Crippen LogP contribution in [0.15, 0.2) is 18.2 Å². The number of halogens is 2. The molecule has 3 rings (SSSR count). The first-order chi connectivity index (χ1) is 9.29. The van der Waals surface area contributed by atoms with Gasteiger partial charge in [-0.15, -0.1) is 11.6 Å². The number of fused-ring (bicyclic) bond motifs is 1. The highest BCUT2D eigenvalue weighted by Gasteiger charge is 2.18. The van der Waals surface area contributed by atoms with E-state index in [0.29, 0.717) is 5.88 Å². The molecule has 2 heterocycles. The Morgan fingerprint density at radius 2 is 2.00 bits per heavy atom. The van der Waals surface area contributed by atoms with Gasteiger partial charge in [-0.1, -0.05) is 0 Å². The van der Waals surface area contributed by atoms with E-state index in [9.17, 15) is 0 Å². The van der Waals surface area contributed by atoms with Crippen molar-refractivity contribution in [1.82, 2.24) is 9.66 Å². The average molecular weight is 390 g/mol. The van der Waals surface area contributed by atoms with E-state index in [2.05, 4.69) is 50.5 Å². The lowest BCUT2D eigenvalue weighted by Crippen LogP contribution is -2.40. The highest BCUT2D eigenvalue weighted by atomic mass is 127. The minimum atomic E-state index is 0.619. The van der Waals surface area contributed by atoms with Crippen LogP contribution in [0.2, 0.25) is 0 Å². The molecule has 0 amide bonds. The van der Waals surface area contributed by atoms with Gasteiger partial charge in [-0.05, 0) is 60.1 Å². The van der Waals surface area contributed by atoms with Crippen molar-refractivity contribution < 1.29 is 0 Å². The molecule has 1 saturated heterocycles. The minimum absolute atomic E-state index is 0.619. The number of aromatic nitrogens is 2. The first-order valence-corrected chi connectivity index (χ1v) is 8.39. The van der Waals surface area contributed by atoms with Crippen LogP contribution in [0, 0.1) is 3.57 Å². The number of alkyl halides is 1. The zero-order chi connectivity index (χ0) is 13.2. The lowest BCUT2D eigenvalue weighted by molar-refractivity contribution is 0.476. The Bertz CT molecular complexity index is 575. The maximum atomic E-state index is 5.93. The van der Waals surface area contributed by atoms with E-state index in [1.54, 1.807) is 0 Å². The number of hydrogen-bond acceptors (Lipinski definition) is 2. The predicted molar refractivity (Wildman–Crippen MR) is 88.7 cm³/mol. The van der Waals surface area contributed by atoms with Crippen molar-refractivity contribution in [3.05, 3.63) is 27.6 Å². The Morgan fingerprint density at radius 1 is 1.21 bits per heavy atom. The molecule has 0 aliphatic carbocycles. The van der Waals surface area contributed by atoms with Crippen molar-refractivity contribution in [3.8, 4) is 0 Å². The number of piperidine rings is 1. The van der Waals surface area contributed by atoms with Gasteiger partial charge < -0.3 is 5.01 Å². The lowest BCUT2D eigenvalue weighted by Gasteiger charge is -2.31. The van der Waals surface area contributed by atoms with Crippen molar-refractivity contribution in [2.45, 2.75) is 25.7 Å². The van der Waals surface area contributed by atoms with Crippen LogP contribution in [0.25, 0.3) is 11.0 Å². The molecule has 1 fully saturated rings. The SMILES string of the molecule is ClCCc1nc2cc(I)ccc2n1N1CCCCC1. The topological polar surface area (TPSA) is 21.1 Å². The zero-order valence-electron chi connectivity index (χ0n) is 10.8. The number of hydrogen-bond donors (Lipinski definition) is 0. The summed E-state index contributed by atoms with van der Waals surface area (Å²) < 4.78 is 3.53. The van der Waals surface area contributed by atoms with Gasteiger partial charge in [0.25, 0.3) is 0 Å². The highest BCUT2D eigenvalue weighted by molar-refractivity contribution is 14.1. The zero-order valence-corrected chi connectivity index (χ0v) is 13.7. The fourth-order valence-electron chi connectivity index (χ4n) is 2.73. The molecule has 0 unspecified atom stereocenters. The lowest BCUT2D eigenvalue weighted by atomic mass is 10.2. The molecule has 1 aromatic carbocycles. The van der Waals surface area contributed by atoms with Crippen LogP contribution in [0.3, 0.4) is 0 Å². The molecule has 0 atom stereocenters. The van der Waals surface area contributed by atoms with Crippen LogP contribution < -0.4 is 5.01 Å². The van der Waals surface area contributed by atoms with Gasteiger partial charge >= 0.3 is 0 Å². The van der Waals surface area contributed by atoms with Crippen LogP contribution in [0.1, 0.15) is 25.1 Å². The molecule has 0 radical (unpaired) electrons. The van der Waals surface area contributed by atoms with E-state index in [1.807, 2.05) is 0 Å². The third-order valence-electron chi connectivity index (χ3n) is 3.59. The largest absolute Gasteiger partial charge is 0.311 e. The van der Waals surface area contributed by atoms with Gasteiger partial charge in [0.1, 0.15) is 5.82 Å². The standard InChI is InChI=1S/C14H17ClIN3/c15-7-6-14-17-12-10-11(16)4-5-13(12)19(14)18-8-2-1-3-9-18/h4-5,10H,1-3,6-9H2. The molecule has 5 heteroatoms. The second-order valence-corrected chi connectivity index (χ2v) is 6.55. The fourth-order valence-corrected chi connectivity index (χ4v) is 3.37. The van der Waals surface area contributed by atoms with Crippen LogP contribution in [-0.2, 0) is 6.42 Å². The summed E-state index contributed by atoms with van der Waals surface area (Å²) in [5.74, 6) is 1.71. The Balaban J connectivity index is 2.09. The number of aryl methyl sites for hydroxylation is 1. The molecule has 19 heavy (non-hydrogen) atoms. The quantitative estimate of drug-likeness (QED) is 0.591. The van der Waals surface area contributed by atoms with Crippen LogP contribution in [0.4, 0.5) is 0 Å². The summed E-state index contributed by atoms with van der Waals surface area (Å²) in [5, 5.41) is 2.42. The van der Waals surface area contributed by atoms with E-state index in [1.165, 1.54) is 28.3 Å². The normalized spacial score (nSPS) is 16.2. The Morgan fingerprint density at radius 3 is 2.74 bits per heavy atom. The maximum absolute atomic E-state index is 5.93. The number of rotatable bonds is 3. The van der Waals surface area contributed by atoms with Crippen molar-refractivity contribution >= 4 is 45.2 Å². The minimum Gasteiger partial charge on any atom is -0.311 e.